The number of ether oxygens (including phenoxy) is 2. The zero-order valence-corrected chi connectivity index (χ0v) is 17.8. The van der Waals surface area contributed by atoms with Gasteiger partial charge in [0, 0.05) is 43.4 Å². The van der Waals surface area contributed by atoms with E-state index in [9.17, 15) is 4.79 Å². The lowest BCUT2D eigenvalue weighted by atomic mass is 10.2. The largest absolute Gasteiger partial charge is 0.497 e. The number of amides is 1. The van der Waals surface area contributed by atoms with Crippen LogP contribution in [0.4, 0.5) is 5.69 Å². The Kier molecular flexibility index (Phi) is 7.61. The molecule has 0 N–H and O–H groups in total. The molecule has 0 radical (unpaired) electrons. The molecule has 0 atom stereocenters. The molecule has 0 aliphatic carbocycles. The predicted molar refractivity (Wildman–Crippen MR) is 116 cm³/mol. The molecule has 1 heterocycles. The van der Waals surface area contributed by atoms with Crippen LogP contribution in [0, 0.1) is 0 Å². The first-order chi connectivity index (χ1) is 14.0. The van der Waals surface area contributed by atoms with Gasteiger partial charge in [-0.05, 0) is 49.5 Å². The van der Waals surface area contributed by atoms with Crippen LogP contribution < -0.4 is 14.4 Å². The van der Waals surface area contributed by atoms with Gasteiger partial charge in [-0.15, -0.1) is 0 Å². The van der Waals surface area contributed by atoms with Crippen LogP contribution in [0.25, 0.3) is 0 Å². The van der Waals surface area contributed by atoms with Crippen molar-refractivity contribution in [3.63, 3.8) is 0 Å². The summed E-state index contributed by atoms with van der Waals surface area (Å²) in [5.74, 6) is 1.75. The molecule has 2 aromatic rings. The van der Waals surface area contributed by atoms with Gasteiger partial charge in [0.1, 0.15) is 18.1 Å². The third-order valence-electron chi connectivity index (χ3n) is 5.01. The van der Waals surface area contributed by atoms with Crippen LogP contribution >= 0.6 is 11.6 Å². The number of nitrogens with zero attached hydrogens (tertiary/aromatic N) is 3. The van der Waals surface area contributed by atoms with Gasteiger partial charge < -0.3 is 19.3 Å². The van der Waals surface area contributed by atoms with Gasteiger partial charge in [-0.25, -0.2) is 0 Å². The normalized spacial score (nSPS) is 14.2. The summed E-state index contributed by atoms with van der Waals surface area (Å²) in [7, 11) is 3.60. The minimum atomic E-state index is 0.157. The quantitative estimate of drug-likeness (QED) is 0.660. The fraction of sp³-hybridized carbons (Fsp3) is 0.409. The number of piperazine rings is 1. The Hall–Kier alpha value is -2.44. The van der Waals surface area contributed by atoms with E-state index in [0.717, 1.165) is 43.4 Å². The topological polar surface area (TPSA) is 45.2 Å². The molecule has 0 saturated carbocycles. The van der Waals surface area contributed by atoms with E-state index >= 15 is 0 Å². The van der Waals surface area contributed by atoms with E-state index in [1.54, 1.807) is 13.2 Å². The van der Waals surface area contributed by atoms with Crippen molar-refractivity contribution in [2.45, 2.75) is 0 Å². The Morgan fingerprint density at radius 3 is 2.45 bits per heavy atom. The van der Waals surface area contributed by atoms with Gasteiger partial charge in [0.15, 0.2) is 0 Å². The molecular formula is C22H28ClN3O3. The Morgan fingerprint density at radius 2 is 1.79 bits per heavy atom. The molecule has 0 unspecified atom stereocenters. The lowest BCUT2D eigenvalue weighted by molar-refractivity contribution is -0.132. The van der Waals surface area contributed by atoms with E-state index in [4.69, 9.17) is 21.1 Å². The standard InChI is InChI=1S/C22H28ClN3O3/c1-24(14-15-29-21-5-3-4-18(23)16-21)17-22(27)26-12-10-25(11-13-26)19-6-8-20(28-2)9-7-19/h3-9,16H,10-15,17H2,1-2H3. The summed E-state index contributed by atoms with van der Waals surface area (Å²) in [5, 5.41) is 0.653. The minimum absolute atomic E-state index is 0.157. The van der Waals surface area contributed by atoms with Crippen molar-refractivity contribution in [3.05, 3.63) is 53.6 Å². The second-order valence-corrected chi connectivity index (χ2v) is 7.55. The number of hydrogen-bond acceptors (Lipinski definition) is 5. The minimum Gasteiger partial charge on any atom is -0.497 e. The van der Waals surface area contributed by atoms with Crippen LogP contribution in [-0.2, 0) is 4.79 Å². The molecule has 1 saturated heterocycles. The first-order valence-electron chi connectivity index (χ1n) is 9.79. The second-order valence-electron chi connectivity index (χ2n) is 7.11. The maximum atomic E-state index is 12.6. The highest BCUT2D eigenvalue weighted by Crippen LogP contribution is 2.20. The van der Waals surface area contributed by atoms with Gasteiger partial charge in [-0.2, -0.15) is 0 Å². The van der Waals surface area contributed by atoms with Gasteiger partial charge in [0.05, 0.1) is 13.7 Å². The summed E-state index contributed by atoms with van der Waals surface area (Å²) in [6.45, 7) is 4.70. The van der Waals surface area contributed by atoms with E-state index in [0.29, 0.717) is 24.7 Å². The van der Waals surface area contributed by atoms with Crippen LogP contribution in [0.3, 0.4) is 0 Å². The van der Waals surface area contributed by atoms with Crippen LogP contribution in [0.15, 0.2) is 48.5 Å². The van der Waals surface area contributed by atoms with Gasteiger partial charge in [-0.3, -0.25) is 9.69 Å². The fourth-order valence-electron chi connectivity index (χ4n) is 3.29. The van der Waals surface area contributed by atoms with Crippen molar-refractivity contribution in [1.29, 1.82) is 0 Å². The second kappa shape index (κ2) is 10.4. The molecular weight excluding hydrogens is 390 g/mol. The number of benzene rings is 2. The molecule has 0 spiro atoms. The summed E-state index contributed by atoms with van der Waals surface area (Å²) in [4.78, 5) is 18.8. The first-order valence-corrected chi connectivity index (χ1v) is 10.2. The average Bonchev–Trinajstić information content (AvgIpc) is 2.74. The van der Waals surface area contributed by atoms with E-state index in [-0.39, 0.29) is 5.91 Å². The van der Waals surface area contributed by atoms with Crippen LogP contribution in [0.1, 0.15) is 0 Å². The summed E-state index contributed by atoms with van der Waals surface area (Å²) >= 11 is 5.95. The molecule has 1 aliphatic heterocycles. The zero-order chi connectivity index (χ0) is 20.6. The molecule has 6 nitrogen and oxygen atoms in total. The number of halogens is 1. The van der Waals surface area contributed by atoms with Crippen molar-refractivity contribution >= 4 is 23.2 Å². The Labute approximate surface area is 177 Å². The van der Waals surface area contributed by atoms with Crippen LogP contribution in [0.5, 0.6) is 11.5 Å². The molecule has 1 fully saturated rings. The number of methoxy groups -OCH3 is 1. The number of carbonyl (C=O) groups excluding carboxylic acids is 1. The highest BCUT2D eigenvalue weighted by Gasteiger charge is 2.22. The van der Waals surface area contributed by atoms with E-state index < -0.39 is 0 Å². The number of likely N-dealkylation sites (N-methyl/N-ethyl adjacent to an activating group) is 1. The third-order valence-corrected chi connectivity index (χ3v) is 5.25. The van der Waals surface area contributed by atoms with E-state index in [1.807, 2.05) is 47.2 Å². The Balaban J connectivity index is 1.38. The lowest BCUT2D eigenvalue weighted by Gasteiger charge is -2.36. The molecule has 1 aliphatic rings. The smallest absolute Gasteiger partial charge is 0.236 e. The lowest BCUT2D eigenvalue weighted by Crippen LogP contribution is -2.51. The van der Waals surface area contributed by atoms with Crippen molar-refractivity contribution in [1.82, 2.24) is 9.80 Å². The molecule has 3 rings (SSSR count). The van der Waals surface area contributed by atoms with Gasteiger partial charge >= 0.3 is 0 Å². The molecule has 7 heteroatoms. The SMILES string of the molecule is COc1ccc(N2CCN(C(=O)CN(C)CCOc3cccc(Cl)c3)CC2)cc1. The van der Waals surface area contributed by atoms with Gasteiger partial charge in [0.2, 0.25) is 5.91 Å². The summed E-state index contributed by atoms with van der Waals surface area (Å²) in [6, 6.07) is 15.4. The first kappa shape index (κ1) is 21.3. The molecule has 29 heavy (non-hydrogen) atoms. The number of rotatable bonds is 8. The molecule has 156 valence electrons. The summed E-state index contributed by atoms with van der Waals surface area (Å²) in [5.41, 5.74) is 1.16. The van der Waals surface area contributed by atoms with Gasteiger partial charge in [0.25, 0.3) is 0 Å². The highest BCUT2D eigenvalue weighted by atomic mass is 35.5. The van der Waals surface area contributed by atoms with E-state index in [1.165, 1.54) is 0 Å². The maximum absolute atomic E-state index is 12.6. The molecule has 0 bridgehead atoms. The Morgan fingerprint density at radius 1 is 1.07 bits per heavy atom. The number of carbonyl (C=O) groups is 1. The molecule has 0 aromatic heterocycles. The summed E-state index contributed by atoms with van der Waals surface area (Å²) in [6.07, 6.45) is 0. The van der Waals surface area contributed by atoms with Crippen LogP contribution in [0.2, 0.25) is 5.02 Å². The van der Waals surface area contributed by atoms with E-state index in [2.05, 4.69) is 17.0 Å². The summed E-state index contributed by atoms with van der Waals surface area (Å²) < 4.78 is 10.9. The number of anilines is 1. The van der Waals surface area contributed by atoms with Gasteiger partial charge in [-0.1, -0.05) is 17.7 Å². The maximum Gasteiger partial charge on any atom is 0.236 e. The monoisotopic (exact) mass is 417 g/mol. The van der Waals surface area contributed by atoms with Crippen LogP contribution in [-0.4, -0.2) is 75.7 Å². The average molecular weight is 418 g/mol. The molecule has 1 amide bonds. The van der Waals surface area contributed by atoms with Crippen molar-refractivity contribution in [3.8, 4) is 11.5 Å². The zero-order valence-electron chi connectivity index (χ0n) is 17.0. The van der Waals surface area contributed by atoms with Crippen molar-refractivity contribution < 1.29 is 14.3 Å². The Bertz CT molecular complexity index is 792. The van der Waals surface area contributed by atoms with Crippen molar-refractivity contribution in [2.24, 2.45) is 0 Å². The molecule has 2 aromatic carbocycles. The fourth-order valence-corrected chi connectivity index (χ4v) is 3.47. The highest BCUT2D eigenvalue weighted by molar-refractivity contribution is 6.30. The predicted octanol–water partition coefficient (Wildman–Crippen LogP) is 3.01. The van der Waals surface area contributed by atoms with Crippen molar-refractivity contribution in [2.75, 3.05) is 64.9 Å². The number of hydrogen-bond donors (Lipinski definition) is 0. The third kappa shape index (κ3) is 6.27.